The number of amides is 2. The highest BCUT2D eigenvalue weighted by Crippen LogP contribution is 1.83. The molecule has 11 heavy (non-hydrogen) atoms. The molecule has 2 amide bonds. The molecule has 6 nitrogen and oxygen atoms in total. The van der Waals surface area contributed by atoms with E-state index in [0.29, 0.717) is 0 Å². The van der Waals surface area contributed by atoms with E-state index in [1.807, 2.05) is 4.83 Å². The van der Waals surface area contributed by atoms with Gasteiger partial charge in [-0.2, -0.15) is 0 Å². The van der Waals surface area contributed by atoms with Gasteiger partial charge in [0.05, 0.1) is 6.26 Å². The summed E-state index contributed by atoms with van der Waals surface area (Å²) >= 11 is 0. The van der Waals surface area contributed by atoms with E-state index in [2.05, 4.69) is 0 Å². The van der Waals surface area contributed by atoms with Crippen LogP contribution in [-0.2, 0) is 10.0 Å². The van der Waals surface area contributed by atoms with Gasteiger partial charge in [0.1, 0.15) is 0 Å². The summed E-state index contributed by atoms with van der Waals surface area (Å²) in [6.45, 7) is 1.80. The zero-order valence-electron chi connectivity index (χ0n) is 6.36. The molecule has 0 saturated heterocycles. The standard InChI is InChI=1S/C4H11N3O3S/c1-3-7(4(5)8)6-11(2,9)10/h6H,3H2,1-2H3,(H2,5,8). The predicted molar refractivity (Wildman–Crippen MR) is 39.9 cm³/mol. The molecule has 0 aliphatic rings. The molecule has 0 atom stereocenters. The Kier molecular flexibility index (Phi) is 3.27. The third-order valence-corrected chi connectivity index (χ3v) is 1.41. The lowest BCUT2D eigenvalue weighted by molar-refractivity contribution is 0.201. The number of carbonyl (C=O) groups excluding carboxylic acids is 1. The smallest absolute Gasteiger partial charge is 0.329 e. The van der Waals surface area contributed by atoms with Gasteiger partial charge in [0.25, 0.3) is 0 Å². The molecule has 0 unspecified atom stereocenters. The van der Waals surface area contributed by atoms with Crippen LogP contribution in [0.1, 0.15) is 6.92 Å². The third-order valence-electron chi connectivity index (χ3n) is 0.858. The van der Waals surface area contributed by atoms with Gasteiger partial charge in [-0.25, -0.2) is 18.2 Å². The Morgan fingerprint density at radius 3 is 2.18 bits per heavy atom. The fourth-order valence-corrected chi connectivity index (χ4v) is 1.08. The van der Waals surface area contributed by atoms with E-state index in [1.54, 1.807) is 6.92 Å². The second-order valence-electron chi connectivity index (χ2n) is 1.95. The Morgan fingerprint density at radius 2 is 2.09 bits per heavy atom. The highest BCUT2D eigenvalue weighted by atomic mass is 32.2. The van der Waals surface area contributed by atoms with Gasteiger partial charge in [0.15, 0.2) is 0 Å². The van der Waals surface area contributed by atoms with E-state index in [9.17, 15) is 13.2 Å². The number of carbonyl (C=O) groups is 1. The van der Waals surface area contributed by atoms with Crippen molar-refractivity contribution < 1.29 is 13.2 Å². The first-order chi connectivity index (χ1) is 4.87. The second-order valence-corrected chi connectivity index (χ2v) is 3.67. The largest absolute Gasteiger partial charge is 0.350 e. The number of primary amides is 1. The van der Waals surface area contributed by atoms with Crippen LogP contribution in [0.3, 0.4) is 0 Å². The van der Waals surface area contributed by atoms with Gasteiger partial charge in [-0.1, -0.05) is 0 Å². The number of nitrogens with two attached hydrogens (primary N) is 1. The molecule has 0 heterocycles. The van der Waals surface area contributed by atoms with Crippen LogP contribution >= 0.6 is 0 Å². The highest BCUT2D eigenvalue weighted by Gasteiger charge is 2.11. The Bertz CT molecular complexity index is 235. The molecule has 66 valence electrons. The van der Waals surface area contributed by atoms with Crippen LogP contribution in [0.15, 0.2) is 0 Å². The quantitative estimate of drug-likeness (QED) is 0.538. The molecule has 0 fully saturated rings. The first kappa shape index (κ1) is 10.2. The second kappa shape index (κ2) is 3.54. The molecule has 3 N–H and O–H groups in total. The summed E-state index contributed by atoms with van der Waals surface area (Å²) in [6.07, 6.45) is 0.943. The van der Waals surface area contributed by atoms with E-state index in [0.717, 1.165) is 11.3 Å². The Hall–Kier alpha value is -0.820. The molecule has 0 saturated carbocycles. The molecule has 0 aliphatic heterocycles. The summed E-state index contributed by atoms with van der Waals surface area (Å²) in [5.74, 6) is 0. The van der Waals surface area contributed by atoms with Crippen LogP contribution in [0.2, 0.25) is 0 Å². The number of urea groups is 1. The monoisotopic (exact) mass is 181 g/mol. The van der Waals surface area contributed by atoms with Crippen molar-refractivity contribution in [2.45, 2.75) is 6.92 Å². The molecule has 0 aromatic carbocycles. The van der Waals surface area contributed by atoms with Crippen molar-refractivity contribution in [2.24, 2.45) is 5.73 Å². The molecular formula is C4H11N3O3S. The number of hydrogen-bond donors (Lipinski definition) is 2. The molecule has 0 aromatic rings. The number of nitrogens with zero attached hydrogens (tertiary/aromatic N) is 1. The highest BCUT2D eigenvalue weighted by molar-refractivity contribution is 7.88. The topological polar surface area (TPSA) is 92.5 Å². The van der Waals surface area contributed by atoms with Crippen LogP contribution in [0, 0.1) is 0 Å². The van der Waals surface area contributed by atoms with Crippen LogP contribution in [0.4, 0.5) is 4.79 Å². The molecule has 0 bridgehead atoms. The van der Waals surface area contributed by atoms with Gasteiger partial charge in [-0.15, -0.1) is 4.83 Å². The lowest BCUT2D eigenvalue weighted by Gasteiger charge is -2.16. The molecule has 0 aromatic heterocycles. The van der Waals surface area contributed by atoms with Crippen LogP contribution in [-0.4, -0.2) is 32.3 Å². The number of hydrazine groups is 1. The summed E-state index contributed by atoms with van der Waals surface area (Å²) in [6, 6.07) is -0.821. The van der Waals surface area contributed by atoms with Crippen molar-refractivity contribution in [2.75, 3.05) is 12.8 Å². The van der Waals surface area contributed by atoms with Crippen molar-refractivity contribution in [1.29, 1.82) is 0 Å². The van der Waals surface area contributed by atoms with Crippen LogP contribution in [0.5, 0.6) is 0 Å². The average Bonchev–Trinajstić information content (AvgIpc) is 1.80. The van der Waals surface area contributed by atoms with Gasteiger partial charge in [-0.05, 0) is 6.92 Å². The molecule has 7 heteroatoms. The molecule has 0 radical (unpaired) electrons. The first-order valence-corrected chi connectivity index (χ1v) is 4.80. The summed E-state index contributed by atoms with van der Waals surface area (Å²) in [7, 11) is -3.41. The maximum Gasteiger partial charge on any atom is 0.329 e. The number of hydrogen-bond acceptors (Lipinski definition) is 3. The van der Waals surface area contributed by atoms with E-state index in [-0.39, 0.29) is 6.54 Å². The van der Waals surface area contributed by atoms with E-state index in [1.165, 1.54) is 0 Å². The van der Waals surface area contributed by atoms with E-state index < -0.39 is 16.1 Å². The van der Waals surface area contributed by atoms with Gasteiger partial charge in [0, 0.05) is 6.54 Å². The lowest BCUT2D eigenvalue weighted by atomic mass is 10.7. The Labute approximate surface area is 65.4 Å². The van der Waals surface area contributed by atoms with E-state index >= 15 is 0 Å². The molecule has 0 aliphatic carbocycles. The normalized spacial score (nSPS) is 11.1. The van der Waals surface area contributed by atoms with Crippen molar-refractivity contribution in [3.8, 4) is 0 Å². The average molecular weight is 181 g/mol. The molecule has 0 rings (SSSR count). The predicted octanol–water partition coefficient (Wildman–Crippen LogP) is -1.15. The zero-order valence-corrected chi connectivity index (χ0v) is 7.18. The van der Waals surface area contributed by atoms with Gasteiger partial charge < -0.3 is 5.73 Å². The minimum atomic E-state index is -3.41. The fraction of sp³-hybridized carbons (Fsp3) is 0.750. The fourth-order valence-electron chi connectivity index (χ4n) is 0.466. The third kappa shape index (κ3) is 4.57. The Balaban J connectivity index is 4.22. The number of sulfonamides is 1. The van der Waals surface area contributed by atoms with E-state index in [4.69, 9.17) is 5.73 Å². The van der Waals surface area contributed by atoms with Crippen molar-refractivity contribution in [1.82, 2.24) is 9.84 Å². The molecule has 0 spiro atoms. The first-order valence-electron chi connectivity index (χ1n) is 2.91. The summed E-state index contributed by atoms with van der Waals surface area (Å²) in [5.41, 5.74) is 4.81. The van der Waals surface area contributed by atoms with Crippen LogP contribution in [0.25, 0.3) is 0 Å². The van der Waals surface area contributed by atoms with Gasteiger partial charge >= 0.3 is 6.03 Å². The van der Waals surface area contributed by atoms with Gasteiger partial charge in [0.2, 0.25) is 10.0 Å². The maximum atomic E-state index is 10.5. The van der Waals surface area contributed by atoms with Crippen LogP contribution < -0.4 is 10.6 Å². The Morgan fingerprint density at radius 1 is 1.64 bits per heavy atom. The van der Waals surface area contributed by atoms with Crippen molar-refractivity contribution >= 4 is 16.1 Å². The number of rotatable bonds is 3. The number of nitrogens with one attached hydrogen (secondary N) is 1. The zero-order chi connectivity index (χ0) is 9.07. The maximum absolute atomic E-state index is 10.5. The summed E-state index contributed by atoms with van der Waals surface area (Å²) in [4.78, 5) is 12.4. The summed E-state index contributed by atoms with van der Waals surface area (Å²) in [5, 5.41) is 0.801. The SMILES string of the molecule is CCN(NS(C)(=O)=O)C(N)=O. The lowest BCUT2D eigenvalue weighted by Crippen LogP contribution is -2.48. The minimum Gasteiger partial charge on any atom is -0.350 e. The van der Waals surface area contributed by atoms with Crippen molar-refractivity contribution in [3.63, 3.8) is 0 Å². The summed E-state index contributed by atoms with van der Waals surface area (Å²) < 4.78 is 21.1. The molecular weight excluding hydrogens is 170 g/mol. The minimum absolute atomic E-state index is 0.197. The van der Waals surface area contributed by atoms with Gasteiger partial charge in [-0.3, -0.25) is 0 Å². The van der Waals surface area contributed by atoms with Crippen molar-refractivity contribution in [3.05, 3.63) is 0 Å².